The number of carbonyl (C=O) groups excluding carboxylic acids is 2. The highest BCUT2D eigenvalue weighted by Crippen LogP contribution is 2.35. The van der Waals surface area contributed by atoms with Crippen molar-refractivity contribution in [3.63, 3.8) is 0 Å². The van der Waals surface area contributed by atoms with Crippen LogP contribution >= 0.6 is 0 Å². The number of alkyl halides is 3. The Morgan fingerprint density at radius 1 is 0.800 bits per heavy atom. The van der Waals surface area contributed by atoms with E-state index in [0.29, 0.717) is 22.6 Å². The van der Waals surface area contributed by atoms with Crippen LogP contribution in [0.2, 0.25) is 0 Å². The van der Waals surface area contributed by atoms with E-state index in [-0.39, 0.29) is 29.0 Å². The number of halogens is 3. The van der Waals surface area contributed by atoms with Gasteiger partial charge in [0, 0.05) is 24.6 Å². The quantitative estimate of drug-likeness (QED) is 0.277. The standard InChI is InChI=1S/C19H17F3O5.C9H11NO3/c1-26-14-5-4-12(16(10-14)19(20,21)22)9-13(23)7-11-3-6-15(18(24)25)17(8-11)27-2;1-12-8-5-6(10)3-4-7(8)9(11)13-2/h3-6,8,10H,7,9H2,1-2H3,(H,24,25);3-5H,10H2,1-2H3. The van der Waals surface area contributed by atoms with E-state index < -0.39 is 35.9 Å². The summed E-state index contributed by atoms with van der Waals surface area (Å²) in [6, 6.07) is 12.3. The highest BCUT2D eigenvalue weighted by atomic mass is 19.4. The molecule has 214 valence electrons. The van der Waals surface area contributed by atoms with Crippen molar-refractivity contribution < 1.29 is 51.6 Å². The molecule has 0 atom stereocenters. The maximum atomic E-state index is 13.2. The second-order valence-corrected chi connectivity index (χ2v) is 8.20. The fourth-order valence-electron chi connectivity index (χ4n) is 3.61. The fraction of sp³-hybridized carbons (Fsp3) is 0.250. The van der Waals surface area contributed by atoms with Gasteiger partial charge in [0.05, 0.1) is 34.0 Å². The zero-order valence-electron chi connectivity index (χ0n) is 22.1. The first kappa shape index (κ1) is 31.5. The normalized spacial score (nSPS) is 10.6. The minimum atomic E-state index is -4.61. The van der Waals surface area contributed by atoms with Crippen molar-refractivity contribution in [2.24, 2.45) is 0 Å². The monoisotopic (exact) mass is 563 g/mol. The second-order valence-electron chi connectivity index (χ2n) is 8.20. The van der Waals surface area contributed by atoms with Crippen LogP contribution in [0.3, 0.4) is 0 Å². The summed E-state index contributed by atoms with van der Waals surface area (Å²) in [6.07, 6.45) is -5.18. The van der Waals surface area contributed by atoms with Crippen LogP contribution in [0.4, 0.5) is 18.9 Å². The average Bonchev–Trinajstić information content (AvgIpc) is 2.92. The van der Waals surface area contributed by atoms with Gasteiger partial charge in [0.15, 0.2) is 0 Å². The first-order chi connectivity index (χ1) is 18.8. The number of hydrogen-bond donors (Lipinski definition) is 2. The topological polar surface area (TPSA) is 134 Å². The SMILES string of the molecule is COC(=O)c1ccc(N)cc1OC.COc1ccc(CC(=O)Cc2ccc(C(=O)O)c(OC)c2)c(C(F)(F)F)c1. The van der Waals surface area contributed by atoms with Crippen LogP contribution < -0.4 is 19.9 Å². The number of aromatic carboxylic acids is 1. The number of ketones is 1. The van der Waals surface area contributed by atoms with Crippen LogP contribution in [-0.4, -0.2) is 51.3 Å². The van der Waals surface area contributed by atoms with Gasteiger partial charge in [0.25, 0.3) is 0 Å². The molecule has 0 aliphatic carbocycles. The van der Waals surface area contributed by atoms with Crippen molar-refractivity contribution in [2.75, 3.05) is 34.2 Å². The smallest absolute Gasteiger partial charge is 0.416 e. The Bertz CT molecular complexity index is 1370. The van der Waals surface area contributed by atoms with Crippen molar-refractivity contribution in [3.8, 4) is 17.2 Å². The Labute approximate surface area is 228 Å². The number of ether oxygens (including phenoxy) is 4. The summed E-state index contributed by atoms with van der Waals surface area (Å²) >= 11 is 0. The Morgan fingerprint density at radius 2 is 1.43 bits per heavy atom. The molecule has 0 aliphatic heterocycles. The van der Waals surface area contributed by atoms with Gasteiger partial charge in [-0.2, -0.15) is 13.2 Å². The molecule has 9 nitrogen and oxygen atoms in total. The Kier molecular flexibility index (Phi) is 10.9. The van der Waals surface area contributed by atoms with Crippen molar-refractivity contribution in [3.05, 3.63) is 82.4 Å². The Morgan fingerprint density at radius 3 is 1.98 bits per heavy atom. The molecule has 0 saturated heterocycles. The summed E-state index contributed by atoms with van der Waals surface area (Å²) in [6.45, 7) is 0. The van der Waals surface area contributed by atoms with E-state index in [4.69, 9.17) is 25.1 Å². The molecular formula is C28H28F3NO8. The number of nitrogen functional groups attached to an aromatic ring is 1. The molecule has 3 rings (SSSR count). The van der Waals surface area contributed by atoms with Crippen LogP contribution in [0, 0.1) is 0 Å². The van der Waals surface area contributed by atoms with Gasteiger partial charge in [-0.05, 0) is 47.5 Å². The zero-order valence-corrected chi connectivity index (χ0v) is 22.1. The molecule has 0 spiro atoms. The first-order valence-electron chi connectivity index (χ1n) is 11.5. The third-order valence-corrected chi connectivity index (χ3v) is 5.54. The number of carboxylic acids is 1. The van der Waals surface area contributed by atoms with Crippen LogP contribution in [-0.2, 0) is 28.5 Å². The summed E-state index contributed by atoms with van der Waals surface area (Å²) in [5, 5.41) is 9.05. The van der Waals surface area contributed by atoms with Crippen molar-refractivity contribution >= 4 is 23.4 Å². The molecular weight excluding hydrogens is 535 g/mol. The lowest BCUT2D eigenvalue weighted by Gasteiger charge is -2.14. The summed E-state index contributed by atoms with van der Waals surface area (Å²) in [7, 11) is 5.34. The fourth-order valence-corrected chi connectivity index (χ4v) is 3.61. The van der Waals surface area contributed by atoms with Gasteiger partial charge in [-0.1, -0.05) is 12.1 Å². The lowest BCUT2D eigenvalue weighted by atomic mass is 9.97. The Hall–Kier alpha value is -4.74. The number of hydrogen-bond acceptors (Lipinski definition) is 8. The predicted molar refractivity (Wildman–Crippen MR) is 139 cm³/mol. The number of benzene rings is 3. The number of nitrogens with two attached hydrogens (primary N) is 1. The van der Waals surface area contributed by atoms with Crippen LogP contribution in [0.5, 0.6) is 17.2 Å². The Balaban J connectivity index is 0.000000360. The summed E-state index contributed by atoms with van der Waals surface area (Å²) in [4.78, 5) is 34.5. The van der Waals surface area contributed by atoms with Gasteiger partial charge < -0.3 is 29.8 Å². The molecule has 12 heteroatoms. The largest absolute Gasteiger partial charge is 0.497 e. The molecule has 40 heavy (non-hydrogen) atoms. The highest BCUT2D eigenvalue weighted by molar-refractivity contribution is 5.93. The van der Waals surface area contributed by atoms with Crippen molar-refractivity contribution in [2.45, 2.75) is 19.0 Å². The van der Waals surface area contributed by atoms with Gasteiger partial charge in [0.1, 0.15) is 34.2 Å². The summed E-state index contributed by atoms with van der Waals surface area (Å²) in [5.41, 5.74) is 5.74. The maximum absolute atomic E-state index is 13.2. The number of Topliss-reactive ketones (excluding diaryl/α,β-unsaturated/α-hetero) is 1. The van der Waals surface area contributed by atoms with Crippen LogP contribution in [0.1, 0.15) is 37.4 Å². The van der Waals surface area contributed by atoms with Gasteiger partial charge in [-0.15, -0.1) is 0 Å². The molecule has 0 bridgehead atoms. The van der Waals surface area contributed by atoms with E-state index in [1.54, 1.807) is 18.2 Å². The molecule has 0 radical (unpaired) electrons. The highest BCUT2D eigenvalue weighted by Gasteiger charge is 2.34. The third kappa shape index (κ3) is 8.38. The lowest BCUT2D eigenvalue weighted by Crippen LogP contribution is -2.14. The molecule has 0 saturated carbocycles. The summed E-state index contributed by atoms with van der Waals surface area (Å²) in [5.74, 6) is -1.52. The van der Waals surface area contributed by atoms with Crippen molar-refractivity contribution in [1.29, 1.82) is 0 Å². The van der Waals surface area contributed by atoms with Crippen LogP contribution in [0.25, 0.3) is 0 Å². The lowest BCUT2D eigenvalue weighted by molar-refractivity contribution is -0.138. The number of anilines is 1. The second kappa shape index (κ2) is 13.9. The molecule has 0 aromatic heterocycles. The van der Waals surface area contributed by atoms with Gasteiger partial charge in [0.2, 0.25) is 0 Å². The molecule has 0 amide bonds. The number of carboxylic acid groups (broad SMARTS) is 1. The molecule has 0 heterocycles. The minimum Gasteiger partial charge on any atom is -0.497 e. The number of esters is 1. The first-order valence-corrected chi connectivity index (χ1v) is 11.5. The van der Waals surface area contributed by atoms with Crippen molar-refractivity contribution in [1.82, 2.24) is 0 Å². The molecule has 3 aromatic rings. The number of methoxy groups -OCH3 is 4. The van der Waals surface area contributed by atoms with E-state index in [0.717, 1.165) is 6.07 Å². The maximum Gasteiger partial charge on any atom is 0.416 e. The zero-order chi connectivity index (χ0) is 30.0. The predicted octanol–water partition coefficient (Wildman–Crippen LogP) is 4.84. The van der Waals surface area contributed by atoms with E-state index in [9.17, 15) is 27.6 Å². The van der Waals surface area contributed by atoms with E-state index in [1.165, 1.54) is 58.8 Å². The molecule has 3 N–H and O–H groups in total. The van der Waals surface area contributed by atoms with Gasteiger partial charge in [-0.3, -0.25) is 4.79 Å². The number of rotatable bonds is 9. The number of carbonyl (C=O) groups is 3. The minimum absolute atomic E-state index is 0.0486. The molecule has 0 fully saturated rings. The van der Waals surface area contributed by atoms with Gasteiger partial charge >= 0.3 is 18.1 Å². The third-order valence-electron chi connectivity index (χ3n) is 5.54. The molecule has 0 aliphatic rings. The van der Waals surface area contributed by atoms with Gasteiger partial charge in [-0.25, -0.2) is 9.59 Å². The average molecular weight is 564 g/mol. The van der Waals surface area contributed by atoms with E-state index in [2.05, 4.69) is 4.74 Å². The molecule has 0 unspecified atom stereocenters. The van der Waals surface area contributed by atoms with E-state index in [1.807, 2.05) is 0 Å². The van der Waals surface area contributed by atoms with E-state index >= 15 is 0 Å². The summed E-state index contributed by atoms with van der Waals surface area (Å²) < 4.78 is 59.0. The molecule has 3 aromatic carbocycles. The van der Waals surface area contributed by atoms with Crippen LogP contribution in [0.15, 0.2) is 54.6 Å².